The first-order chi connectivity index (χ1) is 11.6. The number of benzene rings is 1. The summed E-state index contributed by atoms with van der Waals surface area (Å²) in [5, 5.41) is 8.41. The van der Waals surface area contributed by atoms with Gasteiger partial charge in [-0.05, 0) is 19.9 Å². The minimum absolute atomic E-state index is 0.0984. The summed E-state index contributed by atoms with van der Waals surface area (Å²) in [6.45, 7) is 5.31. The quantitative estimate of drug-likeness (QED) is 0.744. The van der Waals surface area contributed by atoms with E-state index >= 15 is 0 Å². The number of carbonyl (C=O) groups is 1. The Kier molecular flexibility index (Phi) is 3.45. The summed E-state index contributed by atoms with van der Waals surface area (Å²) in [5.74, 6) is 0.508. The van der Waals surface area contributed by atoms with Gasteiger partial charge in [-0.3, -0.25) is 9.48 Å². The number of carbonyl (C=O) groups excluding carboxylic acids is 1. The molecule has 24 heavy (non-hydrogen) atoms. The van der Waals surface area contributed by atoms with E-state index in [-0.39, 0.29) is 11.9 Å². The van der Waals surface area contributed by atoms with E-state index < -0.39 is 0 Å². The van der Waals surface area contributed by atoms with Crippen LogP contribution in [0.1, 0.15) is 27.9 Å². The average molecular weight is 322 g/mol. The molecule has 0 unspecified atom stereocenters. The van der Waals surface area contributed by atoms with Crippen LogP contribution in [-0.4, -0.2) is 38.8 Å². The molecule has 6 heteroatoms. The Balaban J connectivity index is 1.45. The van der Waals surface area contributed by atoms with Gasteiger partial charge in [0, 0.05) is 30.4 Å². The minimum Gasteiger partial charge on any atom is -0.355 e. The number of likely N-dealkylation sites (tertiary alicyclic amines) is 1. The molecule has 0 N–H and O–H groups in total. The molecule has 0 aliphatic carbocycles. The number of nitrogens with zero attached hydrogens (tertiary/aromatic N) is 4. The van der Waals surface area contributed by atoms with Gasteiger partial charge in [0.1, 0.15) is 0 Å². The number of amides is 1. The third-order valence-electron chi connectivity index (χ3n) is 4.33. The number of aromatic nitrogens is 3. The Morgan fingerprint density at radius 2 is 1.92 bits per heavy atom. The van der Waals surface area contributed by atoms with E-state index in [1.807, 2.05) is 54.9 Å². The van der Waals surface area contributed by atoms with Crippen LogP contribution in [0.25, 0.3) is 11.3 Å². The summed E-state index contributed by atoms with van der Waals surface area (Å²) in [6.07, 6.45) is 0. The van der Waals surface area contributed by atoms with Crippen LogP contribution in [0, 0.1) is 13.8 Å². The maximum absolute atomic E-state index is 12.5. The molecule has 2 aromatic heterocycles. The maximum atomic E-state index is 12.5. The second-order valence-electron chi connectivity index (χ2n) is 6.18. The third-order valence-corrected chi connectivity index (χ3v) is 4.33. The van der Waals surface area contributed by atoms with E-state index in [2.05, 4.69) is 10.3 Å². The molecule has 1 fully saturated rings. The van der Waals surface area contributed by atoms with E-state index in [0.29, 0.717) is 24.5 Å². The average Bonchev–Trinajstić information content (AvgIpc) is 3.14. The molecule has 0 saturated carbocycles. The summed E-state index contributed by atoms with van der Waals surface area (Å²) < 4.78 is 7.31. The van der Waals surface area contributed by atoms with Crippen LogP contribution < -0.4 is 0 Å². The highest BCUT2D eigenvalue weighted by Crippen LogP contribution is 2.26. The van der Waals surface area contributed by atoms with Gasteiger partial charge in [-0.15, -0.1) is 0 Å². The number of hydrogen-bond donors (Lipinski definition) is 0. The molecular weight excluding hydrogens is 304 g/mol. The van der Waals surface area contributed by atoms with Crippen molar-refractivity contribution in [1.29, 1.82) is 0 Å². The molecule has 122 valence electrons. The SMILES string of the molecule is Cc1cc(C)n(C2CN(C(=O)c3cc(-c4ccccc4)on3)C2)n1. The van der Waals surface area contributed by atoms with Gasteiger partial charge < -0.3 is 9.42 Å². The predicted molar refractivity (Wildman–Crippen MR) is 88.6 cm³/mol. The van der Waals surface area contributed by atoms with Gasteiger partial charge >= 0.3 is 0 Å². The second kappa shape index (κ2) is 5.63. The van der Waals surface area contributed by atoms with Crippen molar-refractivity contribution in [2.24, 2.45) is 0 Å². The van der Waals surface area contributed by atoms with Gasteiger partial charge in [-0.2, -0.15) is 5.10 Å². The summed E-state index contributed by atoms with van der Waals surface area (Å²) >= 11 is 0. The molecule has 0 spiro atoms. The summed E-state index contributed by atoms with van der Waals surface area (Å²) in [6, 6.07) is 13.6. The largest absolute Gasteiger partial charge is 0.355 e. The smallest absolute Gasteiger partial charge is 0.276 e. The molecule has 1 aliphatic heterocycles. The molecule has 1 saturated heterocycles. The topological polar surface area (TPSA) is 64.2 Å². The van der Waals surface area contributed by atoms with Crippen molar-refractivity contribution in [1.82, 2.24) is 19.8 Å². The lowest BCUT2D eigenvalue weighted by molar-refractivity contribution is 0.0487. The first-order valence-corrected chi connectivity index (χ1v) is 7.96. The number of aryl methyl sites for hydroxylation is 2. The zero-order chi connectivity index (χ0) is 16.7. The van der Waals surface area contributed by atoms with Gasteiger partial charge in [0.15, 0.2) is 11.5 Å². The first kappa shape index (κ1) is 14.7. The molecule has 0 radical (unpaired) electrons. The van der Waals surface area contributed by atoms with Crippen molar-refractivity contribution < 1.29 is 9.32 Å². The molecular formula is C18H18N4O2. The highest BCUT2D eigenvalue weighted by atomic mass is 16.5. The second-order valence-corrected chi connectivity index (χ2v) is 6.18. The van der Waals surface area contributed by atoms with E-state index in [9.17, 15) is 4.79 Å². The standard InChI is InChI=1S/C18H18N4O2/c1-12-8-13(2)22(19-12)15-10-21(11-15)18(23)16-9-17(24-20-16)14-6-4-3-5-7-14/h3-9,15H,10-11H2,1-2H3. The van der Waals surface area contributed by atoms with Crippen molar-refractivity contribution in [2.45, 2.75) is 19.9 Å². The normalized spacial score (nSPS) is 14.7. The fourth-order valence-corrected chi connectivity index (χ4v) is 3.07. The van der Waals surface area contributed by atoms with Crippen molar-refractivity contribution in [3.63, 3.8) is 0 Å². The van der Waals surface area contributed by atoms with E-state index in [0.717, 1.165) is 17.0 Å². The van der Waals surface area contributed by atoms with E-state index in [1.165, 1.54) is 0 Å². The highest BCUT2D eigenvalue weighted by Gasteiger charge is 2.35. The molecule has 3 aromatic rings. The lowest BCUT2D eigenvalue weighted by Crippen LogP contribution is -2.51. The third kappa shape index (κ3) is 2.50. The number of hydrogen-bond acceptors (Lipinski definition) is 4. The molecule has 4 rings (SSSR count). The minimum atomic E-state index is -0.0984. The molecule has 1 aromatic carbocycles. The van der Waals surface area contributed by atoms with Crippen molar-refractivity contribution in [3.8, 4) is 11.3 Å². The van der Waals surface area contributed by atoms with Crippen LogP contribution in [-0.2, 0) is 0 Å². The molecule has 1 aliphatic rings. The fraction of sp³-hybridized carbons (Fsp3) is 0.278. The van der Waals surface area contributed by atoms with Crippen molar-refractivity contribution in [2.75, 3.05) is 13.1 Å². The number of rotatable bonds is 3. The fourth-order valence-electron chi connectivity index (χ4n) is 3.07. The zero-order valence-electron chi connectivity index (χ0n) is 13.6. The Labute approximate surface area is 139 Å². The van der Waals surface area contributed by atoms with E-state index in [4.69, 9.17) is 4.52 Å². The van der Waals surface area contributed by atoms with Crippen molar-refractivity contribution >= 4 is 5.91 Å². The summed E-state index contributed by atoms with van der Waals surface area (Å²) in [7, 11) is 0. The lowest BCUT2D eigenvalue weighted by atomic mass is 10.1. The van der Waals surface area contributed by atoms with Crippen LogP contribution >= 0.6 is 0 Å². The molecule has 0 atom stereocenters. The van der Waals surface area contributed by atoms with Crippen LogP contribution in [0.4, 0.5) is 0 Å². The summed E-state index contributed by atoms with van der Waals surface area (Å²) in [5.41, 5.74) is 3.38. The van der Waals surface area contributed by atoms with Gasteiger partial charge in [-0.25, -0.2) is 0 Å². The molecule has 6 nitrogen and oxygen atoms in total. The van der Waals surface area contributed by atoms with Crippen LogP contribution in [0.15, 0.2) is 47.0 Å². The van der Waals surface area contributed by atoms with Crippen LogP contribution in [0.3, 0.4) is 0 Å². The molecule has 1 amide bonds. The Bertz CT molecular complexity index is 876. The monoisotopic (exact) mass is 322 g/mol. The molecule has 0 bridgehead atoms. The lowest BCUT2D eigenvalue weighted by Gasteiger charge is -2.39. The van der Waals surface area contributed by atoms with Crippen LogP contribution in [0.2, 0.25) is 0 Å². The van der Waals surface area contributed by atoms with Crippen molar-refractivity contribution in [3.05, 3.63) is 59.5 Å². The van der Waals surface area contributed by atoms with Gasteiger partial charge in [0.2, 0.25) is 0 Å². The zero-order valence-corrected chi connectivity index (χ0v) is 13.6. The van der Waals surface area contributed by atoms with Crippen LogP contribution in [0.5, 0.6) is 0 Å². The summed E-state index contributed by atoms with van der Waals surface area (Å²) in [4.78, 5) is 14.3. The van der Waals surface area contributed by atoms with Gasteiger partial charge in [0.05, 0.1) is 11.7 Å². The Hall–Kier alpha value is -2.89. The Morgan fingerprint density at radius 3 is 2.58 bits per heavy atom. The highest BCUT2D eigenvalue weighted by molar-refractivity contribution is 5.93. The predicted octanol–water partition coefficient (Wildman–Crippen LogP) is 2.85. The maximum Gasteiger partial charge on any atom is 0.276 e. The molecule has 3 heterocycles. The van der Waals surface area contributed by atoms with Gasteiger partial charge in [-0.1, -0.05) is 35.5 Å². The first-order valence-electron chi connectivity index (χ1n) is 7.96. The van der Waals surface area contributed by atoms with E-state index in [1.54, 1.807) is 11.0 Å². The Morgan fingerprint density at radius 1 is 1.17 bits per heavy atom. The van der Waals surface area contributed by atoms with Gasteiger partial charge in [0.25, 0.3) is 5.91 Å².